The number of nitrogens with two attached hydrogens (primary N) is 1. The molecule has 9 heteroatoms. The lowest BCUT2D eigenvalue weighted by Crippen LogP contribution is -2.21. The molecule has 0 bridgehead atoms. The third-order valence-electron chi connectivity index (χ3n) is 5.72. The minimum absolute atomic E-state index is 0.153. The van der Waals surface area contributed by atoms with E-state index in [9.17, 15) is 9.90 Å². The summed E-state index contributed by atoms with van der Waals surface area (Å²) in [5.41, 5.74) is 11.0. The molecule has 1 aliphatic carbocycles. The third kappa shape index (κ3) is 2.96. The van der Waals surface area contributed by atoms with Crippen LogP contribution in [0.15, 0.2) is 39.7 Å². The lowest BCUT2D eigenvalue weighted by molar-refractivity contribution is -0.142. The summed E-state index contributed by atoms with van der Waals surface area (Å²) < 4.78 is 7.80. The molecular weight excluding hydrogens is 438 g/mol. The van der Waals surface area contributed by atoms with E-state index in [1.54, 1.807) is 23.2 Å². The number of nitrogens with zero attached hydrogens (tertiary/aromatic N) is 4. The molecule has 0 unspecified atom stereocenters. The van der Waals surface area contributed by atoms with Gasteiger partial charge in [-0.25, -0.2) is 4.98 Å². The quantitative estimate of drug-likeness (QED) is 0.473. The van der Waals surface area contributed by atoms with Crippen LogP contribution in [-0.2, 0) is 4.79 Å². The highest BCUT2D eigenvalue weighted by Gasteiger charge is 2.30. The van der Waals surface area contributed by atoms with Crippen LogP contribution >= 0.6 is 15.9 Å². The van der Waals surface area contributed by atoms with E-state index in [2.05, 4.69) is 26.0 Å². The second kappa shape index (κ2) is 6.84. The molecule has 1 aliphatic rings. The summed E-state index contributed by atoms with van der Waals surface area (Å²) in [6, 6.07) is 3.73. The van der Waals surface area contributed by atoms with Gasteiger partial charge in [-0.3, -0.25) is 9.78 Å². The van der Waals surface area contributed by atoms with Crippen molar-refractivity contribution < 1.29 is 14.3 Å². The van der Waals surface area contributed by atoms with E-state index in [0.29, 0.717) is 29.9 Å². The molecule has 5 rings (SSSR count). The molecule has 1 fully saturated rings. The Kier molecular flexibility index (Phi) is 4.27. The number of carboxylic acid groups (broad SMARTS) is 1. The Morgan fingerprint density at radius 2 is 2.07 bits per heavy atom. The van der Waals surface area contributed by atoms with Gasteiger partial charge >= 0.3 is 5.97 Å². The van der Waals surface area contributed by atoms with Crippen LogP contribution in [0.1, 0.15) is 37.3 Å². The Morgan fingerprint density at radius 3 is 2.83 bits per heavy atom. The van der Waals surface area contributed by atoms with Crippen LogP contribution in [0.25, 0.3) is 27.9 Å². The SMILES string of the molecule is Nc1c(Br)c([C@H]2CC[C@H](C(=O)O)CC2)nc2c(-c3cnc4ccoc4c3)cnn12. The van der Waals surface area contributed by atoms with E-state index in [4.69, 9.17) is 15.1 Å². The van der Waals surface area contributed by atoms with E-state index in [0.717, 1.165) is 39.7 Å². The number of hydrogen-bond acceptors (Lipinski definition) is 6. The molecule has 4 aromatic rings. The standard InChI is InChI=1S/C20H18BrN5O3/c21-16-17(10-1-3-11(4-2-10)20(27)28)25-19-13(9-24-26(19)18(16)22)12-7-15-14(23-8-12)5-6-29-15/h5-11H,1-4,22H2,(H,27,28)/t10-,11-. The minimum Gasteiger partial charge on any atom is -0.481 e. The van der Waals surface area contributed by atoms with Gasteiger partial charge in [0.15, 0.2) is 11.2 Å². The Labute approximate surface area is 173 Å². The molecule has 29 heavy (non-hydrogen) atoms. The maximum Gasteiger partial charge on any atom is 0.306 e. The average Bonchev–Trinajstić information content (AvgIpc) is 3.37. The third-order valence-corrected chi connectivity index (χ3v) is 6.54. The van der Waals surface area contributed by atoms with Crippen LogP contribution in [-0.4, -0.2) is 30.7 Å². The summed E-state index contributed by atoms with van der Waals surface area (Å²) in [5.74, 6) is -0.364. The number of aliphatic carboxylic acids is 1. The molecule has 0 aromatic carbocycles. The van der Waals surface area contributed by atoms with Crippen molar-refractivity contribution in [3.8, 4) is 11.1 Å². The Hall–Kier alpha value is -2.94. The summed E-state index contributed by atoms with van der Waals surface area (Å²) in [4.78, 5) is 20.6. The lowest BCUT2D eigenvalue weighted by Gasteiger charge is -2.26. The number of hydrogen-bond donors (Lipinski definition) is 2. The van der Waals surface area contributed by atoms with Gasteiger partial charge in [0.25, 0.3) is 0 Å². The van der Waals surface area contributed by atoms with Crippen molar-refractivity contribution in [2.24, 2.45) is 5.92 Å². The normalized spacial score (nSPS) is 19.8. The molecule has 0 saturated heterocycles. The molecule has 8 nitrogen and oxygen atoms in total. The molecule has 4 heterocycles. The fourth-order valence-electron chi connectivity index (χ4n) is 4.09. The molecule has 0 radical (unpaired) electrons. The van der Waals surface area contributed by atoms with E-state index in [1.165, 1.54) is 0 Å². The van der Waals surface area contributed by atoms with Crippen LogP contribution < -0.4 is 5.73 Å². The summed E-state index contributed by atoms with van der Waals surface area (Å²) >= 11 is 3.58. The first-order valence-electron chi connectivity index (χ1n) is 9.42. The molecule has 4 aromatic heterocycles. The summed E-state index contributed by atoms with van der Waals surface area (Å²) in [5, 5.41) is 13.7. The number of furan rings is 1. The molecule has 0 atom stereocenters. The Balaban J connectivity index is 1.59. The highest BCUT2D eigenvalue weighted by Crippen LogP contribution is 2.40. The summed E-state index contributed by atoms with van der Waals surface area (Å²) in [6.07, 6.45) is 7.92. The number of nitrogen functional groups attached to an aromatic ring is 1. The lowest BCUT2D eigenvalue weighted by atomic mass is 9.80. The maximum absolute atomic E-state index is 11.3. The first-order valence-corrected chi connectivity index (χ1v) is 10.2. The van der Waals surface area contributed by atoms with Gasteiger partial charge in [0.1, 0.15) is 11.3 Å². The maximum atomic E-state index is 11.3. The van der Waals surface area contributed by atoms with Crippen molar-refractivity contribution in [1.82, 2.24) is 19.6 Å². The van der Waals surface area contributed by atoms with Crippen LogP contribution in [0, 0.1) is 5.92 Å². The van der Waals surface area contributed by atoms with Gasteiger partial charge in [-0.05, 0) is 47.7 Å². The second-order valence-electron chi connectivity index (χ2n) is 7.40. The highest BCUT2D eigenvalue weighted by atomic mass is 79.9. The van der Waals surface area contributed by atoms with E-state index in [-0.39, 0.29) is 11.8 Å². The van der Waals surface area contributed by atoms with E-state index >= 15 is 0 Å². The number of carboxylic acids is 1. The Bertz CT molecular complexity index is 1240. The first-order chi connectivity index (χ1) is 14.0. The van der Waals surface area contributed by atoms with Gasteiger partial charge in [-0.1, -0.05) is 0 Å². The van der Waals surface area contributed by atoms with Gasteiger partial charge in [0.2, 0.25) is 0 Å². The minimum atomic E-state index is -0.718. The average molecular weight is 456 g/mol. The number of anilines is 1. The predicted octanol–water partition coefficient (Wildman–Crippen LogP) is 4.24. The van der Waals surface area contributed by atoms with Crippen molar-refractivity contribution in [3.05, 3.63) is 41.0 Å². The summed E-state index contributed by atoms with van der Waals surface area (Å²) in [7, 11) is 0. The zero-order chi connectivity index (χ0) is 20.1. The fourth-order valence-corrected chi connectivity index (χ4v) is 4.68. The number of aromatic nitrogens is 4. The van der Waals surface area contributed by atoms with Crippen molar-refractivity contribution >= 4 is 44.5 Å². The second-order valence-corrected chi connectivity index (χ2v) is 8.20. The van der Waals surface area contributed by atoms with Gasteiger partial charge in [0.05, 0.1) is 28.5 Å². The molecular formula is C20H18BrN5O3. The molecule has 0 spiro atoms. The van der Waals surface area contributed by atoms with Gasteiger partial charge in [-0.2, -0.15) is 9.61 Å². The van der Waals surface area contributed by atoms with Crippen molar-refractivity contribution in [3.63, 3.8) is 0 Å². The van der Waals surface area contributed by atoms with Crippen molar-refractivity contribution in [1.29, 1.82) is 0 Å². The molecule has 0 aliphatic heterocycles. The number of fused-ring (bicyclic) bond motifs is 2. The monoisotopic (exact) mass is 455 g/mol. The largest absolute Gasteiger partial charge is 0.481 e. The Morgan fingerprint density at radius 1 is 1.28 bits per heavy atom. The van der Waals surface area contributed by atoms with Crippen LogP contribution in [0.5, 0.6) is 0 Å². The van der Waals surface area contributed by atoms with Gasteiger partial charge in [0, 0.05) is 29.3 Å². The molecule has 3 N–H and O–H groups in total. The number of rotatable bonds is 3. The fraction of sp³-hybridized carbons (Fsp3) is 0.300. The van der Waals surface area contributed by atoms with Crippen LogP contribution in [0.2, 0.25) is 0 Å². The van der Waals surface area contributed by atoms with Crippen LogP contribution in [0.4, 0.5) is 5.82 Å². The molecule has 1 saturated carbocycles. The van der Waals surface area contributed by atoms with Gasteiger partial charge in [-0.15, -0.1) is 0 Å². The molecule has 148 valence electrons. The van der Waals surface area contributed by atoms with E-state index < -0.39 is 5.97 Å². The zero-order valence-electron chi connectivity index (χ0n) is 15.4. The van der Waals surface area contributed by atoms with Gasteiger partial charge < -0.3 is 15.3 Å². The van der Waals surface area contributed by atoms with Crippen LogP contribution in [0.3, 0.4) is 0 Å². The number of carbonyl (C=O) groups is 1. The topological polar surface area (TPSA) is 120 Å². The number of pyridine rings is 1. The van der Waals surface area contributed by atoms with Crippen molar-refractivity contribution in [2.45, 2.75) is 31.6 Å². The molecule has 0 amide bonds. The number of halogens is 1. The first kappa shape index (κ1) is 18.1. The summed E-state index contributed by atoms with van der Waals surface area (Å²) in [6.45, 7) is 0. The smallest absolute Gasteiger partial charge is 0.306 e. The van der Waals surface area contributed by atoms with Crippen molar-refractivity contribution in [2.75, 3.05) is 5.73 Å². The van der Waals surface area contributed by atoms with E-state index in [1.807, 2.05) is 12.1 Å². The predicted molar refractivity (Wildman–Crippen MR) is 110 cm³/mol. The highest BCUT2D eigenvalue weighted by molar-refractivity contribution is 9.10. The zero-order valence-corrected chi connectivity index (χ0v) is 17.0.